The van der Waals surface area contributed by atoms with Gasteiger partial charge in [0.1, 0.15) is 0 Å². The maximum Gasteiger partial charge on any atom is 0.165 e. The lowest BCUT2D eigenvalue weighted by atomic mass is 10.0. The van der Waals surface area contributed by atoms with E-state index in [4.69, 9.17) is 16.3 Å². The van der Waals surface area contributed by atoms with Crippen molar-refractivity contribution >= 4 is 22.9 Å². The van der Waals surface area contributed by atoms with Crippen molar-refractivity contribution in [2.45, 2.75) is 19.4 Å². The molecule has 2 rings (SSSR count). The molecule has 1 unspecified atom stereocenters. The lowest BCUT2D eigenvalue weighted by Gasteiger charge is -2.19. The van der Waals surface area contributed by atoms with E-state index in [1.165, 1.54) is 13.2 Å². The number of benzene rings is 1. The Labute approximate surface area is 127 Å². The van der Waals surface area contributed by atoms with Gasteiger partial charge < -0.3 is 10.1 Å². The van der Waals surface area contributed by atoms with Crippen LogP contribution < -0.4 is 10.1 Å². The van der Waals surface area contributed by atoms with E-state index in [1.54, 1.807) is 17.4 Å². The normalized spacial score (nSPS) is 12.4. The van der Waals surface area contributed by atoms with Gasteiger partial charge in [0, 0.05) is 4.88 Å². The molecule has 0 aliphatic heterocycles. The average molecular weight is 314 g/mol. The van der Waals surface area contributed by atoms with Crippen molar-refractivity contribution in [3.05, 3.63) is 50.9 Å². The van der Waals surface area contributed by atoms with Crippen LogP contribution in [0.3, 0.4) is 0 Å². The van der Waals surface area contributed by atoms with Crippen LogP contribution in [0, 0.1) is 5.82 Å². The van der Waals surface area contributed by atoms with Gasteiger partial charge in [-0.3, -0.25) is 0 Å². The Morgan fingerprint density at radius 3 is 2.75 bits per heavy atom. The van der Waals surface area contributed by atoms with Crippen molar-refractivity contribution in [1.82, 2.24) is 5.32 Å². The van der Waals surface area contributed by atoms with Gasteiger partial charge in [-0.1, -0.05) is 24.6 Å². The minimum absolute atomic E-state index is 0.0946. The maximum absolute atomic E-state index is 13.9. The number of ether oxygens (including phenoxy) is 1. The van der Waals surface area contributed by atoms with Crippen molar-refractivity contribution < 1.29 is 9.13 Å². The topological polar surface area (TPSA) is 21.3 Å². The molecular formula is C15H17ClFNOS. The third-order valence-corrected chi connectivity index (χ3v) is 4.44. The van der Waals surface area contributed by atoms with Gasteiger partial charge in [0.25, 0.3) is 0 Å². The molecule has 1 atom stereocenters. The summed E-state index contributed by atoms with van der Waals surface area (Å²) in [5.41, 5.74) is 0.848. The van der Waals surface area contributed by atoms with Crippen molar-refractivity contribution in [3.63, 3.8) is 0 Å². The predicted molar refractivity (Wildman–Crippen MR) is 82.4 cm³/mol. The van der Waals surface area contributed by atoms with Gasteiger partial charge in [-0.2, -0.15) is 0 Å². The fraction of sp³-hybridized carbons (Fsp3) is 0.333. The summed E-state index contributed by atoms with van der Waals surface area (Å²) in [7, 11) is 1.46. The van der Waals surface area contributed by atoms with Crippen LogP contribution in [-0.2, 0) is 0 Å². The Morgan fingerprint density at radius 2 is 2.20 bits per heavy atom. The number of methoxy groups -OCH3 is 1. The van der Waals surface area contributed by atoms with Gasteiger partial charge in [0.05, 0.1) is 18.2 Å². The van der Waals surface area contributed by atoms with Crippen LogP contribution in [0.1, 0.15) is 29.8 Å². The van der Waals surface area contributed by atoms with Crippen LogP contribution in [-0.4, -0.2) is 13.7 Å². The smallest absolute Gasteiger partial charge is 0.165 e. The van der Waals surface area contributed by atoms with E-state index in [0.717, 1.165) is 23.4 Å². The molecule has 2 aromatic rings. The Balaban J connectivity index is 2.36. The van der Waals surface area contributed by atoms with Crippen LogP contribution in [0.15, 0.2) is 29.6 Å². The maximum atomic E-state index is 13.9. The van der Waals surface area contributed by atoms with Crippen LogP contribution in [0.25, 0.3) is 0 Å². The predicted octanol–water partition coefficient (Wildman–Crippen LogP) is 4.64. The summed E-state index contributed by atoms with van der Waals surface area (Å²) in [4.78, 5) is 1.00. The fourth-order valence-corrected chi connectivity index (χ4v) is 3.29. The second-order valence-corrected chi connectivity index (χ2v) is 5.77. The first-order valence-electron chi connectivity index (χ1n) is 6.47. The molecular weight excluding hydrogens is 297 g/mol. The highest BCUT2D eigenvalue weighted by atomic mass is 35.5. The zero-order chi connectivity index (χ0) is 14.5. The third kappa shape index (κ3) is 3.32. The van der Waals surface area contributed by atoms with Gasteiger partial charge in [-0.05, 0) is 42.1 Å². The Bertz CT molecular complexity index is 573. The van der Waals surface area contributed by atoms with E-state index in [2.05, 4.69) is 12.2 Å². The molecule has 0 saturated heterocycles. The molecule has 0 saturated carbocycles. The molecule has 2 nitrogen and oxygen atoms in total. The van der Waals surface area contributed by atoms with Crippen molar-refractivity contribution in [2.24, 2.45) is 0 Å². The van der Waals surface area contributed by atoms with E-state index in [1.807, 2.05) is 17.5 Å². The molecule has 108 valence electrons. The monoisotopic (exact) mass is 313 g/mol. The van der Waals surface area contributed by atoms with Crippen LogP contribution in [0.5, 0.6) is 5.75 Å². The minimum Gasteiger partial charge on any atom is -0.494 e. The molecule has 1 heterocycles. The zero-order valence-electron chi connectivity index (χ0n) is 11.5. The van der Waals surface area contributed by atoms with E-state index >= 15 is 0 Å². The SMILES string of the molecule is CCCNC(c1ccc(OC)c(F)c1)c1sccc1Cl. The molecule has 0 radical (unpaired) electrons. The molecule has 0 aliphatic rings. The molecule has 1 aromatic heterocycles. The molecule has 5 heteroatoms. The Hall–Kier alpha value is -1.10. The number of hydrogen-bond acceptors (Lipinski definition) is 3. The van der Waals surface area contributed by atoms with Gasteiger partial charge in [-0.15, -0.1) is 11.3 Å². The molecule has 20 heavy (non-hydrogen) atoms. The highest BCUT2D eigenvalue weighted by Gasteiger charge is 2.19. The van der Waals surface area contributed by atoms with Crippen LogP contribution >= 0.6 is 22.9 Å². The second-order valence-electron chi connectivity index (χ2n) is 4.41. The molecule has 0 fully saturated rings. The summed E-state index contributed by atoms with van der Waals surface area (Å²) in [6.45, 7) is 2.93. The fourth-order valence-electron chi connectivity index (χ4n) is 2.02. The van der Waals surface area contributed by atoms with E-state index in [-0.39, 0.29) is 17.6 Å². The van der Waals surface area contributed by atoms with Gasteiger partial charge in [0.15, 0.2) is 11.6 Å². The minimum atomic E-state index is -0.360. The highest BCUT2D eigenvalue weighted by Crippen LogP contribution is 2.34. The summed E-state index contributed by atoms with van der Waals surface area (Å²) in [5, 5.41) is 6.06. The van der Waals surface area contributed by atoms with Crippen LogP contribution in [0.4, 0.5) is 4.39 Å². The summed E-state index contributed by atoms with van der Waals surface area (Å²) in [5.74, 6) is -0.110. The number of thiophene rings is 1. The summed E-state index contributed by atoms with van der Waals surface area (Å²) in [6, 6.07) is 6.78. The van der Waals surface area contributed by atoms with Crippen molar-refractivity contribution in [3.8, 4) is 5.75 Å². The molecule has 1 N–H and O–H groups in total. The average Bonchev–Trinajstić information content (AvgIpc) is 2.86. The molecule has 0 aliphatic carbocycles. The van der Waals surface area contributed by atoms with E-state index in [0.29, 0.717) is 5.02 Å². The summed E-state index contributed by atoms with van der Waals surface area (Å²) >= 11 is 7.78. The zero-order valence-corrected chi connectivity index (χ0v) is 13.0. The lowest BCUT2D eigenvalue weighted by Crippen LogP contribution is -2.22. The second kappa shape index (κ2) is 7.07. The summed E-state index contributed by atoms with van der Waals surface area (Å²) < 4.78 is 18.8. The van der Waals surface area contributed by atoms with Crippen molar-refractivity contribution in [2.75, 3.05) is 13.7 Å². The van der Waals surface area contributed by atoms with Crippen LogP contribution in [0.2, 0.25) is 5.02 Å². The number of hydrogen-bond donors (Lipinski definition) is 1. The van der Waals surface area contributed by atoms with Crippen molar-refractivity contribution in [1.29, 1.82) is 0 Å². The van der Waals surface area contributed by atoms with Gasteiger partial charge >= 0.3 is 0 Å². The molecule has 1 aromatic carbocycles. The quantitative estimate of drug-likeness (QED) is 0.839. The first-order chi connectivity index (χ1) is 9.67. The third-order valence-electron chi connectivity index (χ3n) is 3.01. The number of rotatable bonds is 6. The summed E-state index contributed by atoms with van der Waals surface area (Å²) in [6.07, 6.45) is 0.998. The first kappa shape index (κ1) is 15.3. The van der Waals surface area contributed by atoms with E-state index in [9.17, 15) is 4.39 Å². The highest BCUT2D eigenvalue weighted by molar-refractivity contribution is 7.10. The largest absolute Gasteiger partial charge is 0.494 e. The Kier molecular flexibility index (Phi) is 5.40. The molecule has 0 spiro atoms. The van der Waals surface area contributed by atoms with Gasteiger partial charge in [-0.25, -0.2) is 4.39 Å². The number of halogens is 2. The van der Waals surface area contributed by atoms with E-state index < -0.39 is 0 Å². The molecule has 0 amide bonds. The molecule has 0 bridgehead atoms. The number of nitrogens with one attached hydrogen (secondary N) is 1. The Morgan fingerprint density at radius 1 is 1.40 bits per heavy atom. The lowest BCUT2D eigenvalue weighted by molar-refractivity contribution is 0.385. The standard InChI is InChI=1S/C15H17ClFNOS/c1-3-7-18-14(15-11(16)6-8-20-15)10-4-5-13(19-2)12(17)9-10/h4-6,8-9,14,18H,3,7H2,1-2H3. The van der Waals surface area contributed by atoms with Gasteiger partial charge in [0.2, 0.25) is 0 Å². The first-order valence-corrected chi connectivity index (χ1v) is 7.72.